The number of hydrogen-bond acceptors (Lipinski definition) is 4. The summed E-state index contributed by atoms with van der Waals surface area (Å²) in [4.78, 5) is 32.9. The summed E-state index contributed by atoms with van der Waals surface area (Å²) in [6.07, 6.45) is 2.05. The number of aliphatic carboxylic acids is 2. The van der Waals surface area contributed by atoms with E-state index >= 15 is 0 Å². The van der Waals surface area contributed by atoms with Crippen molar-refractivity contribution in [2.75, 3.05) is 0 Å². The molecular weight excluding hydrogens is 278 g/mol. The molecule has 21 heavy (non-hydrogen) atoms. The number of aromatic hydroxyl groups is 1. The smallest absolute Gasteiger partial charge is 0.326 e. The second-order valence-corrected chi connectivity index (χ2v) is 4.26. The van der Waals surface area contributed by atoms with Crippen LogP contribution in [0.1, 0.15) is 18.4 Å². The molecule has 7 heteroatoms. The summed E-state index contributed by atoms with van der Waals surface area (Å²) in [7, 11) is 0. The highest BCUT2D eigenvalue weighted by atomic mass is 16.4. The standard InChI is InChI=1S/C14H15NO6/c16-10-4-1-9(2-5-10)3-7-12(17)15-11(14(20)21)6-8-13(18)19/h1-5,7,11,16H,6,8H2,(H,15,17)(H,18,19)(H,20,21)/b7-3-. The Hall–Kier alpha value is -2.83. The number of carbonyl (C=O) groups excluding carboxylic acids is 1. The molecule has 0 spiro atoms. The number of hydrogen-bond donors (Lipinski definition) is 4. The van der Waals surface area contributed by atoms with Crippen molar-refractivity contribution in [1.82, 2.24) is 5.32 Å². The lowest BCUT2D eigenvalue weighted by atomic mass is 10.1. The first-order valence-electron chi connectivity index (χ1n) is 6.10. The quantitative estimate of drug-likeness (QED) is 0.552. The molecule has 1 aromatic rings. The number of rotatable bonds is 7. The number of benzene rings is 1. The second kappa shape index (κ2) is 7.68. The minimum absolute atomic E-state index is 0.0937. The lowest BCUT2D eigenvalue weighted by Crippen LogP contribution is -2.40. The Morgan fingerprint density at radius 1 is 1.14 bits per heavy atom. The highest BCUT2D eigenvalue weighted by Gasteiger charge is 2.19. The predicted molar refractivity (Wildman–Crippen MR) is 73.6 cm³/mol. The molecule has 0 aliphatic heterocycles. The molecular formula is C14H15NO6. The van der Waals surface area contributed by atoms with Gasteiger partial charge in [-0.15, -0.1) is 0 Å². The molecule has 7 nitrogen and oxygen atoms in total. The zero-order chi connectivity index (χ0) is 15.8. The Balaban J connectivity index is 2.59. The number of phenols is 1. The molecule has 0 bridgehead atoms. The molecule has 112 valence electrons. The van der Waals surface area contributed by atoms with Crippen LogP contribution in [0, 0.1) is 0 Å². The van der Waals surface area contributed by atoms with Crippen molar-refractivity contribution in [1.29, 1.82) is 0 Å². The molecule has 0 aromatic heterocycles. The van der Waals surface area contributed by atoms with Gasteiger partial charge in [0.05, 0.1) is 0 Å². The number of carboxylic acids is 2. The first-order chi connectivity index (χ1) is 9.88. The van der Waals surface area contributed by atoms with E-state index in [4.69, 9.17) is 15.3 Å². The summed E-state index contributed by atoms with van der Waals surface area (Å²) >= 11 is 0. The van der Waals surface area contributed by atoms with E-state index in [1.807, 2.05) is 0 Å². The average molecular weight is 293 g/mol. The van der Waals surface area contributed by atoms with E-state index in [2.05, 4.69) is 5.32 Å². The maximum atomic E-state index is 11.6. The van der Waals surface area contributed by atoms with Gasteiger partial charge in [0, 0.05) is 12.5 Å². The van der Waals surface area contributed by atoms with Crippen molar-refractivity contribution >= 4 is 23.9 Å². The van der Waals surface area contributed by atoms with Gasteiger partial charge in [0.25, 0.3) is 0 Å². The van der Waals surface area contributed by atoms with Gasteiger partial charge in [0.15, 0.2) is 0 Å². The van der Waals surface area contributed by atoms with Crippen LogP contribution < -0.4 is 5.32 Å². The molecule has 0 saturated heterocycles. The molecule has 0 radical (unpaired) electrons. The first kappa shape index (κ1) is 16.2. The molecule has 1 amide bonds. The molecule has 0 heterocycles. The van der Waals surface area contributed by atoms with E-state index in [0.29, 0.717) is 5.56 Å². The monoisotopic (exact) mass is 293 g/mol. The third kappa shape index (κ3) is 6.24. The fourth-order valence-corrected chi connectivity index (χ4v) is 1.50. The summed E-state index contributed by atoms with van der Waals surface area (Å²) in [5.41, 5.74) is 0.653. The van der Waals surface area contributed by atoms with Crippen LogP contribution in [-0.4, -0.2) is 39.2 Å². The third-order valence-electron chi connectivity index (χ3n) is 2.58. The third-order valence-corrected chi connectivity index (χ3v) is 2.58. The van der Waals surface area contributed by atoms with E-state index in [-0.39, 0.29) is 18.6 Å². The van der Waals surface area contributed by atoms with Crippen molar-refractivity contribution in [2.24, 2.45) is 0 Å². The van der Waals surface area contributed by atoms with Crippen LogP contribution in [0.2, 0.25) is 0 Å². The van der Waals surface area contributed by atoms with Gasteiger partial charge >= 0.3 is 11.9 Å². The van der Waals surface area contributed by atoms with Crippen molar-refractivity contribution in [2.45, 2.75) is 18.9 Å². The van der Waals surface area contributed by atoms with Crippen LogP contribution in [0.3, 0.4) is 0 Å². The Morgan fingerprint density at radius 3 is 2.29 bits per heavy atom. The van der Waals surface area contributed by atoms with Crippen molar-refractivity contribution in [3.63, 3.8) is 0 Å². The molecule has 0 fully saturated rings. The van der Waals surface area contributed by atoms with E-state index in [1.54, 1.807) is 12.1 Å². The number of carboxylic acid groups (broad SMARTS) is 2. The van der Waals surface area contributed by atoms with E-state index in [1.165, 1.54) is 18.2 Å². The topological polar surface area (TPSA) is 124 Å². The van der Waals surface area contributed by atoms with E-state index in [0.717, 1.165) is 6.08 Å². The zero-order valence-electron chi connectivity index (χ0n) is 11.0. The summed E-state index contributed by atoms with van der Waals surface area (Å²) in [6.45, 7) is 0. The van der Waals surface area contributed by atoms with Gasteiger partial charge in [0.1, 0.15) is 11.8 Å². The van der Waals surface area contributed by atoms with Gasteiger partial charge in [-0.05, 0) is 30.2 Å². The van der Waals surface area contributed by atoms with Crippen molar-refractivity contribution in [3.05, 3.63) is 35.9 Å². The van der Waals surface area contributed by atoms with Crippen LogP contribution in [0.15, 0.2) is 30.3 Å². The van der Waals surface area contributed by atoms with Gasteiger partial charge < -0.3 is 20.6 Å². The molecule has 4 N–H and O–H groups in total. The predicted octanol–water partition coefficient (Wildman–Crippen LogP) is 0.840. The molecule has 0 aliphatic rings. The fraction of sp³-hybridized carbons (Fsp3) is 0.214. The minimum atomic E-state index is -1.29. The van der Waals surface area contributed by atoms with Gasteiger partial charge in [-0.3, -0.25) is 9.59 Å². The average Bonchev–Trinajstić information content (AvgIpc) is 2.42. The lowest BCUT2D eigenvalue weighted by Gasteiger charge is -2.11. The van der Waals surface area contributed by atoms with Gasteiger partial charge in [0.2, 0.25) is 5.91 Å². The maximum Gasteiger partial charge on any atom is 0.326 e. The van der Waals surface area contributed by atoms with Crippen molar-refractivity contribution in [3.8, 4) is 5.75 Å². The molecule has 1 rings (SSSR count). The largest absolute Gasteiger partial charge is 0.508 e. The summed E-state index contributed by atoms with van der Waals surface area (Å²) < 4.78 is 0. The molecule has 1 atom stereocenters. The summed E-state index contributed by atoms with van der Waals surface area (Å²) in [5, 5.41) is 28.7. The Kier molecular flexibility index (Phi) is 5.94. The number of amides is 1. The summed E-state index contributed by atoms with van der Waals surface area (Å²) in [5.74, 6) is -2.96. The van der Waals surface area contributed by atoms with Crippen LogP contribution in [0.25, 0.3) is 6.08 Å². The first-order valence-corrected chi connectivity index (χ1v) is 6.10. The summed E-state index contributed by atoms with van der Waals surface area (Å²) in [6, 6.07) is 4.81. The highest BCUT2D eigenvalue weighted by Crippen LogP contribution is 2.10. The molecule has 0 aliphatic carbocycles. The number of nitrogens with one attached hydrogen (secondary N) is 1. The van der Waals surface area contributed by atoms with E-state index < -0.39 is 23.9 Å². The highest BCUT2D eigenvalue weighted by molar-refractivity contribution is 5.94. The van der Waals surface area contributed by atoms with Crippen LogP contribution in [0.5, 0.6) is 5.75 Å². The second-order valence-electron chi connectivity index (χ2n) is 4.26. The fourth-order valence-electron chi connectivity index (χ4n) is 1.50. The zero-order valence-corrected chi connectivity index (χ0v) is 11.0. The molecule has 1 unspecified atom stereocenters. The van der Waals surface area contributed by atoms with E-state index in [9.17, 15) is 14.4 Å². The van der Waals surface area contributed by atoms with Gasteiger partial charge in [-0.1, -0.05) is 12.1 Å². The van der Waals surface area contributed by atoms with Crippen LogP contribution in [0.4, 0.5) is 0 Å². The van der Waals surface area contributed by atoms with Gasteiger partial charge in [-0.2, -0.15) is 0 Å². The number of phenolic OH excluding ortho intramolecular Hbond substituents is 1. The number of carbonyl (C=O) groups is 3. The molecule has 1 aromatic carbocycles. The Morgan fingerprint density at radius 2 is 1.76 bits per heavy atom. The lowest BCUT2D eigenvalue weighted by molar-refractivity contribution is -0.142. The van der Waals surface area contributed by atoms with Crippen LogP contribution in [-0.2, 0) is 14.4 Å². The van der Waals surface area contributed by atoms with Crippen molar-refractivity contribution < 1.29 is 29.7 Å². The Labute approximate surface area is 120 Å². The van der Waals surface area contributed by atoms with Crippen LogP contribution >= 0.6 is 0 Å². The minimum Gasteiger partial charge on any atom is -0.508 e. The Bertz CT molecular complexity index is 549. The maximum absolute atomic E-state index is 11.6. The molecule has 0 saturated carbocycles. The van der Waals surface area contributed by atoms with Gasteiger partial charge in [-0.25, -0.2) is 4.79 Å². The normalized spacial score (nSPS) is 12.0. The SMILES string of the molecule is O=C(O)CCC(NC(=O)/C=C\c1ccc(O)cc1)C(=O)O.